The van der Waals surface area contributed by atoms with Crippen molar-refractivity contribution >= 4 is 11.8 Å². The van der Waals surface area contributed by atoms with Crippen LogP contribution in [0.25, 0.3) is 0 Å². The fraction of sp³-hybridized carbons (Fsp3) is 0.625. The van der Waals surface area contributed by atoms with Gasteiger partial charge in [0.25, 0.3) is 0 Å². The molecule has 0 saturated heterocycles. The topological polar surface area (TPSA) is 52.0 Å². The number of hydrogen-bond donors (Lipinski definition) is 1. The Labute approximate surface area is 76.7 Å². The maximum atomic E-state index is 5.61. The van der Waals surface area contributed by atoms with Crippen molar-refractivity contribution in [2.75, 3.05) is 5.75 Å². The normalized spacial score (nSPS) is 13.2. The molecule has 1 rings (SSSR count). The van der Waals surface area contributed by atoms with Crippen LogP contribution in [0.15, 0.2) is 10.8 Å². The summed E-state index contributed by atoms with van der Waals surface area (Å²) < 4.78 is 5.07. The molecule has 0 saturated carbocycles. The van der Waals surface area contributed by atoms with Crippen LogP contribution in [0.2, 0.25) is 0 Å². The van der Waals surface area contributed by atoms with E-state index in [0.717, 1.165) is 23.0 Å². The largest absolute Gasteiger partial charge is 0.448 e. The van der Waals surface area contributed by atoms with Gasteiger partial charge in [-0.25, -0.2) is 4.98 Å². The summed E-state index contributed by atoms with van der Waals surface area (Å²) in [7, 11) is 0. The van der Waals surface area contributed by atoms with E-state index in [2.05, 4.69) is 4.98 Å². The second-order valence-corrected chi connectivity index (χ2v) is 3.88. The van der Waals surface area contributed by atoms with Crippen LogP contribution in [0.1, 0.15) is 18.4 Å². The number of aromatic nitrogens is 1. The van der Waals surface area contributed by atoms with Crippen molar-refractivity contribution in [2.24, 2.45) is 5.73 Å². The predicted molar refractivity (Wildman–Crippen MR) is 51.1 cm³/mol. The smallest absolute Gasteiger partial charge is 0.181 e. The van der Waals surface area contributed by atoms with Gasteiger partial charge in [-0.1, -0.05) is 0 Å². The third kappa shape index (κ3) is 2.87. The first-order chi connectivity index (χ1) is 5.70. The lowest BCUT2D eigenvalue weighted by molar-refractivity contribution is 0.525. The van der Waals surface area contributed by atoms with Crippen molar-refractivity contribution < 1.29 is 4.42 Å². The van der Waals surface area contributed by atoms with E-state index in [1.165, 1.54) is 6.39 Å². The molecule has 1 aromatic rings. The molecule has 0 radical (unpaired) electrons. The van der Waals surface area contributed by atoms with Crippen molar-refractivity contribution in [2.45, 2.75) is 25.6 Å². The van der Waals surface area contributed by atoms with Gasteiger partial charge in [0.2, 0.25) is 0 Å². The van der Waals surface area contributed by atoms with Gasteiger partial charge in [-0.2, -0.15) is 11.8 Å². The third-order valence-corrected chi connectivity index (χ3v) is 2.70. The molecule has 1 unspecified atom stereocenters. The van der Waals surface area contributed by atoms with Crippen LogP contribution >= 0.6 is 11.8 Å². The van der Waals surface area contributed by atoms with Gasteiger partial charge in [-0.15, -0.1) is 0 Å². The van der Waals surface area contributed by atoms with E-state index in [1.807, 2.05) is 13.8 Å². The molecule has 0 fully saturated rings. The Morgan fingerprint density at radius 1 is 1.75 bits per heavy atom. The molecule has 0 aliphatic heterocycles. The van der Waals surface area contributed by atoms with Gasteiger partial charge in [-0.3, -0.25) is 0 Å². The van der Waals surface area contributed by atoms with Gasteiger partial charge in [0, 0.05) is 17.5 Å². The van der Waals surface area contributed by atoms with E-state index >= 15 is 0 Å². The average molecular weight is 186 g/mol. The van der Waals surface area contributed by atoms with E-state index in [1.54, 1.807) is 11.8 Å². The average Bonchev–Trinajstić information content (AvgIpc) is 2.36. The highest BCUT2D eigenvalue weighted by Gasteiger charge is 2.03. The zero-order valence-electron chi connectivity index (χ0n) is 7.41. The molecule has 0 spiro atoms. The fourth-order valence-corrected chi connectivity index (χ4v) is 1.77. The Bertz CT molecular complexity index is 235. The van der Waals surface area contributed by atoms with Gasteiger partial charge >= 0.3 is 0 Å². The molecule has 1 atom stereocenters. The standard InChI is InChI=1S/C8H14N2OS/c1-6(9)3-12-4-8-7(2)11-5-10-8/h5-6H,3-4,9H2,1-2H3. The Hall–Kier alpha value is -0.480. The van der Waals surface area contributed by atoms with Gasteiger partial charge in [0.1, 0.15) is 5.76 Å². The molecule has 1 heterocycles. The molecule has 0 amide bonds. The van der Waals surface area contributed by atoms with Crippen LogP contribution in [0, 0.1) is 6.92 Å². The Kier molecular flexibility index (Phi) is 3.62. The lowest BCUT2D eigenvalue weighted by Crippen LogP contribution is -2.17. The molecular weight excluding hydrogens is 172 g/mol. The van der Waals surface area contributed by atoms with E-state index in [0.29, 0.717) is 0 Å². The number of hydrogen-bond acceptors (Lipinski definition) is 4. The number of thioether (sulfide) groups is 1. The van der Waals surface area contributed by atoms with Crippen molar-refractivity contribution in [1.29, 1.82) is 0 Å². The van der Waals surface area contributed by atoms with Crippen LogP contribution in [-0.4, -0.2) is 16.8 Å². The first-order valence-electron chi connectivity index (χ1n) is 3.92. The first kappa shape index (κ1) is 9.61. The minimum absolute atomic E-state index is 0.252. The Morgan fingerprint density at radius 2 is 2.50 bits per heavy atom. The number of rotatable bonds is 4. The zero-order valence-corrected chi connectivity index (χ0v) is 8.23. The van der Waals surface area contributed by atoms with Gasteiger partial charge < -0.3 is 10.2 Å². The Balaban J connectivity index is 2.29. The van der Waals surface area contributed by atoms with Crippen molar-refractivity contribution in [3.8, 4) is 0 Å². The van der Waals surface area contributed by atoms with E-state index in [9.17, 15) is 0 Å². The highest BCUT2D eigenvalue weighted by atomic mass is 32.2. The molecule has 0 aliphatic carbocycles. The van der Waals surface area contributed by atoms with Crippen molar-refractivity contribution in [3.05, 3.63) is 17.8 Å². The minimum atomic E-state index is 0.252. The second-order valence-electron chi connectivity index (χ2n) is 2.85. The molecular formula is C8H14N2OS. The summed E-state index contributed by atoms with van der Waals surface area (Å²) in [6.45, 7) is 3.93. The molecule has 0 bridgehead atoms. The van der Waals surface area contributed by atoms with Crippen LogP contribution in [0.4, 0.5) is 0 Å². The fourth-order valence-electron chi connectivity index (χ4n) is 0.808. The molecule has 12 heavy (non-hydrogen) atoms. The number of oxazole rings is 1. The second kappa shape index (κ2) is 4.52. The lowest BCUT2D eigenvalue weighted by Gasteiger charge is -2.02. The molecule has 0 aliphatic rings. The highest BCUT2D eigenvalue weighted by Crippen LogP contribution is 2.14. The summed E-state index contributed by atoms with van der Waals surface area (Å²) in [6, 6.07) is 0.252. The molecule has 68 valence electrons. The summed E-state index contributed by atoms with van der Waals surface area (Å²) >= 11 is 1.79. The van der Waals surface area contributed by atoms with Crippen molar-refractivity contribution in [1.82, 2.24) is 4.98 Å². The van der Waals surface area contributed by atoms with Crippen LogP contribution in [0.5, 0.6) is 0 Å². The monoisotopic (exact) mass is 186 g/mol. The zero-order chi connectivity index (χ0) is 8.97. The summed E-state index contributed by atoms with van der Waals surface area (Å²) in [5.74, 6) is 2.77. The number of nitrogens with zero attached hydrogens (tertiary/aromatic N) is 1. The molecule has 4 heteroatoms. The Morgan fingerprint density at radius 3 is 3.00 bits per heavy atom. The lowest BCUT2D eigenvalue weighted by atomic mass is 10.4. The van der Waals surface area contributed by atoms with E-state index in [4.69, 9.17) is 10.2 Å². The maximum absolute atomic E-state index is 5.61. The quantitative estimate of drug-likeness (QED) is 0.775. The third-order valence-electron chi connectivity index (χ3n) is 1.46. The summed E-state index contributed by atoms with van der Waals surface area (Å²) in [5, 5.41) is 0. The van der Waals surface area contributed by atoms with Crippen molar-refractivity contribution in [3.63, 3.8) is 0 Å². The van der Waals surface area contributed by atoms with Gasteiger partial charge in [-0.05, 0) is 13.8 Å². The molecule has 0 aromatic carbocycles. The predicted octanol–water partition coefficient (Wildman–Crippen LogP) is 1.56. The highest BCUT2D eigenvalue weighted by molar-refractivity contribution is 7.98. The first-order valence-corrected chi connectivity index (χ1v) is 5.08. The maximum Gasteiger partial charge on any atom is 0.181 e. The van der Waals surface area contributed by atoms with Gasteiger partial charge in [0.05, 0.1) is 5.69 Å². The minimum Gasteiger partial charge on any atom is -0.448 e. The van der Waals surface area contributed by atoms with Gasteiger partial charge in [0.15, 0.2) is 6.39 Å². The number of nitrogens with two attached hydrogens (primary N) is 1. The SMILES string of the molecule is Cc1ocnc1CSCC(C)N. The van der Waals surface area contributed by atoms with E-state index < -0.39 is 0 Å². The number of aryl methyl sites for hydroxylation is 1. The molecule has 2 N–H and O–H groups in total. The van der Waals surface area contributed by atoms with Crippen LogP contribution in [0.3, 0.4) is 0 Å². The molecule has 1 aromatic heterocycles. The summed E-state index contributed by atoms with van der Waals surface area (Å²) in [5.41, 5.74) is 6.63. The van der Waals surface area contributed by atoms with Crippen LogP contribution < -0.4 is 5.73 Å². The van der Waals surface area contributed by atoms with E-state index in [-0.39, 0.29) is 6.04 Å². The van der Waals surface area contributed by atoms with Crippen LogP contribution in [-0.2, 0) is 5.75 Å². The summed E-state index contributed by atoms with van der Waals surface area (Å²) in [6.07, 6.45) is 1.48. The summed E-state index contributed by atoms with van der Waals surface area (Å²) in [4.78, 5) is 4.08. The molecule has 3 nitrogen and oxygen atoms in total.